The van der Waals surface area contributed by atoms with Gasteiger partial charge in [0, 0.05) is 49.0 Å². The van der Waals surface area contributed by atoms with Crippen LogP contribution in [0.3, 0.4) is 0 Å². The smallest absolute Gasteiger partial charge is 0.407 e. The van der Waals surface area contributed by atoms with E-state index in [0.717, 1.165) is 80.5 Å². The number of aromatic nitrogens is 2. The first-order chi connectivity index (χ1) is 16.3. The molecule has 2 fully saturated rings. The first kappa shape index (κ1) is 24.7. The molecule has 0 spiro atoms. The van der Waals surface area contributed by atoms with Gasteiger partial charge in [0.2, 0.25) is 0 Å². The molecule has 0 radical (unpaired) electrons. The predicted molar refractivity (Wildman–Crippen MR) is 136 cm³/mol. The molecule has 1 saturated carbocycles. The minimum atomic E-state index is -0.474. The molecule has 34 heavy (non-hydrogen) atoms. The zero-order valence-electron chi connectivity index (χ0n) is 20.4. The number of nitrogens with one attached hydrogen (secondary N) is 3. The van der Waals surface area contributed by atoms with Crippen molar-refractivity contribution in [1.29, 1.82) is 0 Å². The Hall–Kier alpha value is -2.39. The number of pyridine rings is 1. The van der Waals surface area contributed by atoms with Gasteiger partial charge in [0.15, 0.2) is 5.13 Å². The van der Waals surface area contributed by atoms with E-state index in [1.54, 1.807) is 11.3 Å². The molecule has 2 aromatic rings. The molecule has 1 aliphatic heterocycles. The van der Waals surface area contributed by atoms with Gasteiger partial charge in [0.1, 0.15) is 11.4 Å². The molecule has 3 N–H and O–H groups in total. The van der Waals surface area contributed by atoms with Crippen molar-refractivity contribution in [3.05, 3.63) is 23.7 Å². The summed E-state index contributed by atoms with van der Waals surface area (Å²) in [5.74, 6) is 1.53. The molecule has 0 atom stereocenters. The number of ether oxygens (including phenoxy) is 2. The molecule has 9 heteroatoms. The fraction of sp³-hybridized carbons (Fsp3) is 0.640. The molecule has 4 rings (SSSR count). The van der Waals surface area contributed by atoms with Crippen LogP contribution in [0.15, 0.2) is 23.7 Å². The van der Waals surface area contributed by atoms with E-state index >= 15 is 0 Å². The summed E-state index contributed by atoms with van der Waals surface area (Å²) in [7, 11) is 0. The van der Waals surface area contributed by atoms with Gasteiger partial charge in [0.05, 0.1) is 5.69 Å². The van der Waals surface area contributed by atoms with E-state index in [4.69, 9.17) is 14.5 Å². The number of rotatable bonds is 7. The van der Waals surface area contributed by atoms with Gasteiger partial charge in [-0.05, 0) is 77.3 Å². The number of thiazole rings is 1. The third-order valence-electron chi connectivity index (χ3n) is 6.24. The fourth-order valence-corrected chi connectivity index (χ4v) is 5.13. The van der Waals surface area contributed by atoms with Crippen LogP contribution in [0.4, 0.5) is 15.7 Å². The standard InChI is InChI=1S/C25H37N5O3S/c1-25(2,3)33-24(31)29-20-6-4-19(5-7-20)28-22-14-18(8-11-26-22)21-16-34-23(30-21)27-15-17-9-12-32-13-10-17/h8,11,14,16-17,19-20H,4-7,9-10,12-13,15H2,1-3H3,(H,26,28)(H,27,30)(H,29,31). The normalized spacial score (nSPS) is 21.6. The molecule has 1 saturated heterocycles. The Balaban J connectivity index is 1.25. The van der Waals surface area contributed by atoms with Gasteiger partial charge in [0.25, 0.3) is 0 Å². The van der Waals surface area contributed by atoms with Gasteiger partial charge in [-0.1, -0.05) is 0 Å². The van der Waals surface area contributed by atoms with Crippen molar-refractivity contribution in [3.63, 3.8) is 0 Å². The van der Waals surface area contributed by atoms with Crippen molar-refractivity contribution in [2.75, 3.05) is 30.4 Å². The van der Waals surface area contributed by atoms with Crippen LogP contribution in [0, 0.1) is 5.92 Å². The molecule has 1 aliphatic carbocycles. The lowest BCUT2D eigenvalue weighted by molar-refractivity contribution is 0.0492. The van der Waals surface area contributed by atoms with E-state index in [1.165, 1.54) is 0 Å². The lowest BCUT2D eigenvalue weighted by atomic mass is 9.91. The molecule has 2 aliphatic rings. The van der Waals surface area contributed by atoms with E-state index in [2.05, 4.69) is 32.4 Å². The molecule has 3 heterocycles. The summed E-state index contributed by atoms with van der Waals surface area (Å²) < 4.78 is 10.8. The number of hydrogen-bond acceptors (Lipinski definition) is 8. The number of alkyl carbamates (subject to hydrolysis) is 1. The topological polar surface area (TPSA) is 97.4 Å². The van der Waals surface area contributed by atoms with Crippen LogP contribution in [-0.4, -0.2) is 53.5 Å². The first-order valence-electron chi connectivity index (χ1n) is 12.3. The average molecular weight is 488 g/mol. The molecular formula is C25H37N5O3S. The zero-order chi connectivity index (χ0) is 24.0. The number of carbonyl (C=O) groups is 1. The van der Waals surface area contributed by atoms with E-state index < -0.39 is 5.60 Å². The lowest BCUT2D eigenvalue weighted by Gasteiger charge is -2.30. The summed E-state index contributed by atoms with van der Waals surface area (Å²) in [5.41, 5.74) is 1.56. The first-order valence-corrected chi connectivity index (χ1v) is 13.2. The number of amides is 1. The second-order valence-corrected chi connectivity index (χ2v) is 11.1. The van der Waals surface area contributed by atoms with Crippen molar-refractivity contribution in [1.82, 2.24) is 15.3 Å². The highest BCUT2D eigenvalue weighted by Crippen LogP contribution is 2.28. The van der Waals surface area contributed by atoms with Crippen molar-refractivity contribution in [2.45, 2.75) is 77.0 Å². The van der Waals surface area contributed by atoms with E-state index in [0.29, 0.717) is 12.0 Å². The summed E-state index contributed by atoms with van der Waals surface area (Å²) in [6.45, 7) is 8.32. The molecule has 2 aromatic heterocycles. The van der Waals surface area contributed by atoms with Crippen LogP contribution in [0.2, 0.25) is 0 Å². The lowest BCUT2D eigenvalue weighted by Crippen LogP contribution is -2.42. The van der Waals surface area contributed by atoms with Gasteiger partial charge in [-0.15, -0.1) is 11.3 Å². The zero-order valence-corrected chi connectivity index (χ0v) is 21.2. The Morgan fingerprint density at radius 2 is 1.88 bits per heavy atom. The summed E-state index contributed by atoms with van der Waals surface area (Å²) in [4.78, 5) is 21.3. The van der Waals surface area contributed by atoms with Crippen molar-refractivity contribution < 1.29 is 14.3 Å². The predicted octanol–water partition coefficient (Wildman–Crippen LogP) is 5.29. The number of hydrogen-bond donors (Lipinski definition) is 3. The van der Waals surface area contributed by atoms with E-state index in [1.807, 2.05) is 33.0 Å². The Bertz CT molecular complexity index is 931. The molecular weight excluding hydrogens is 450 g/mol. The second-order valence-electron chi connectivity index (χ2n) is 10.2. The minimum Gasteiger partial charge on any atom is -0.444 e. The van der Waals surface area contributed by atoms with Gasteiger partial charge in [-0.2, -0.15) is 0 Å². The molecule has 186 valence electrons. The minimum absolute atomic E-state index is 0.161. The van der Waals surface area contributed by atoms with Gasteiger partial charge in [-0.25, -0.2) is 14.8 Å². The molecule has 0 bridgehead atoms. The third kappa shape index (κ3) is 7.56. The Kier molecular flexibility index (Phi) is 8.26. The highest BCUT2D eigenvalue weighted by Gasteiger charge is 2.25. The maximum Gasteiger partial charge on any atom is 0.407 e. The number of carbonyl (C=O) groups excluding carboxylic acids is 1. The maximum absolute atomic E-state index is 12.0. The van der Waals surface area contributed by atoms with Gasteiger partial charge < -0.3 is 25.4 Å². The quantitative estimate of drug-likeness (QED) is 0.488. The Morgan fingerprint density at radius 3 is 2.62 bits per heavy atom. The highest BCUT2D eigenvalue weighted by molar-refractivity contribution is 7.14. The second kappa shape index (κ2) is 11.4. The van der Waals surface area contributed by atoms with E-state index in [9.17, 15) is 4.79 Å². The molecule has 0 unspecified atom stereocenters. The largest absolute Gasteiger partial charge is 0.444 e. The maximum atomic E-state index is 12.0. The number of anilines is 2. The summed E-state index contributed by atoms with van der Waals surface area (Å²) in [5, 5.41) is 13.1. The Morgan fingerprint density at radius 1 is 1.15 bits per heavy atom. The molecule has 1 amide bonds. The summed E-state index contributed by atoms with van der Waals surface area (Å²) in [6, 6.07) is 4.58. The molecule has 0 aromatic carbocycles. The van der Waals surface area contributed by atoms with Crippen LogP contribution >= 0.6 is 11.3 Å². The van der Waals surface area contributed by atoms with Crippen LogP contribution in [-0.2, 0) is 9.47 Å². The Labute approximate surface area is 206 Å². The van der Waals surface area contributed by atoms with Crippen LogP contribution in [0.25, 0.3) is 11.3 Å². The van der Waals surface area contributed by atoms with Crippen LogP contribution < -0.4 is 16.0 Å². The fourth-order valence-electron chi connectivity index (χ4n) is 4.40. The van der Waals surface area contributed by atoms with Crippen molar-refractivity contribution in [2.24, 2.45) is 5.92 Å². The molecule has 8 nitrogen and oxygen atoms in total. The van der Waals surface area contributed by atoms with Crippen molar-refractivity contribution >= 4 is 28.4 Å². The average Bonchev–Trinajstić information content (AvgIpc) is 3.28. The third-order valence-corrected chi connectivity index (χ3v) is 7.04. The van der Waals surface area contributed by atoms with Crippen molar-refractivity contribution in [3.8, 4) is 11.3 Å². The van der Waals surface area contributed by atoms with Gasteiger partial charge >= 0.3 is 6.09 Å². The summed E-state index contributed by atoms with van der Waals surface area (Å²) in [6.07, 6.45) is 7.53. The summed E-state index contributed by atoms with van der Waals surface area (Å²) >= 11 is 1.64. The SMILES string of the molecule is CC(C)(C)OC(=O)NC1CCC(Nc2cc(-c3csc(NCC4CCOCC4)n3)ccn2)CC1. The van der Waals surface area contributed by atoms with Crippen LogP contribution in [0.1, 0.15) is 59.3 Å². The monoisotopic (exact) mass is 487 g/mol. The number of nitrogens with zero attached hydrogens (tertiary/aromatic N) is 2. The van der Waals surface area contributed by atoms with Crippen LogP contribution in [0.5, 0.6) is 0 Å². The van der Waals surface area contributed by atoms with Gasteiger partial charge in [-0.3, -0.25) is 0 Å². The highest BCUT2D eigenvalue weighted by atomic mass is 32.1. The van der Waals surface area contributed by atoms with E-state index in [-0.39, 0.29) is 12.1 Å².